The summed E-state index contributed by atoms with van der Waals surface area (Å²) in [7, 11) is 2.17. The van der Waals surface area contributed by atoms with Crippen LogP contribution in [0.5, 0.6) is 0 Å². The molecule has 1 aliphatic rings. The summed E-state index contributed by atoms with van der Waals surface area (Å²) in [5.74, 6) is 0. The molecule has 0 amide bonds. The Morgan fingerprint density at radius 3 is 2.71 bits per heavy atom. The molecule has 0 saturated heterocycles. The zero-order chi connectivity index (χ0) is 11.7. The minimum atomic E-state index is 1.04. The highest BCUT2D eigenvalue weighted by molar-refractivity contribution is 5.63. The maximum Gasteiger partial charge on any atom is 0.115 e. The van der Waals surface area contributed by atoms with E-state index in [1.165, 1.54) is 16.7 Å². The van der Waals surface area contributed by atoms with E-state index in [0.717, 1.165) is 25.1 Å². The fraction of sp³-hybridized carbons (Fsp3) is 0.286. The normalized spacial score (nSPS) is 15.6. The predicted octanol–water partition coefficient (Wildman–Crippen LogP) is 2.13. The number of hydrogen-bond acceptors (Lipinski definition) is 3. The Morgan fingerprint density at radius 2 is 1.88 bits per heavy atom. The Kier molecular flexibility index (Phi) is 2.61. The highest BCUT2D eigenvalue weighted by Crippen LogP contribution is 2.24. The van der Waals surface area contributed by atoms with Gasteiger partial charge < -0.3 is 4.90 Å². The van der Waals surface area contributed by atoms with Crippen LogP contribution in [-0.4, -0.2) is 28.5 Å². The van der Waals surface area contributed by atoms with E-state index in [1.54, 1.807) is 6.33 Å². The molecule has 0 aliphatic carbocycles. The molecule has 0 radical (unpaired) electrons. The molecule has 0 bridgehead atoms. The van der Waals surface area contributed by atoms with Crippen molar-refractivity contribution in [3.8, 4) is 11.1 Å². The third-order valence-corrected chi connectivity index (χ3v) is 3.30. The van der Waals surface area contributed by atoms with Crippen LogP contribution in [0.1, 0.15) is 11.1 Å². The molecule has 0 unspecified atom stereocenters. The average Bonchev–Trinajstić information content (AvgIpc) is 2.39. The summed E-state index contributed by atoms with van der Waals surface area (Å²) < 4.78 is 0. The third kappa shape index (κ3) is 2.06. The van der Waals surface area contributed by atoms with Gasteiger partial charge in [0.2, 0.25) is 0 Å². The Labute approximate surface area is 101 Å². The maximum atomic E-state index is 4.07. The fourth-order valence-electron chi connectivity index (χ4n) is 2.33. The first-order valence-corrected chi connectivity index (χ1v) is 5.88. The highest BCUT2D eigenvalue weighted by Gasteiger charge is 2.13. The molecule has 2 aromatic rings. The second kappa shape index (κ2) is 4.26. The molecule has 0 fully saturated rings. The fourth-order valence-corrected chi connectivity index (χ4v) is 2.33. The average molecular weight is 225 g/mol. The highest BCUT2D eigenvalue weighted by atomic mass is 15.1. The van der Waals surface area contributed by atoms with Crippen molar-refractivity contribution in [2.24, 2.45) is 0 Å². The summed E-state index contributed by atoms with van der Waals surface area (Å²) in [6, 6.07) is 6.68. The molecule has 1 aliphatic heterocycles. The molecule has 1 aromatic carbocycles. The van der Waals surface area contributed by atoms with Gasteiger partial charge >= 0.3 is 0 Å². The van der Waals surface area contributed by atoms with Crippen LogP contribution in [0.4, 0.5) is 0 Å². The first kappa shape index (κ1) is 10.4. The van der Waals surface area contributed by atoms with E-state index in [0.29, 0.717) is 0 Å². The number of likely N-dealkylation sites (N-methyl/N-ethyl adjacent to an activating group) is 1. The number of benzene rings is 1. The van der Waals surface area contributed by atoms with Crippen LogP contribution in [0, 0.1) is 0 Å². The molecule has 2 heterocycles. The number of fused-ring (bicyclic) bond motifs is 1. The van der Waals surface area contributed by atoms with Crippen LogP contribution in [-0.2, 0) is 13.0 Å². The lowest BCUT2D eigenvalue weighted by Gasteiger charge is -2.25. The van der Waals surface area contributed by atoms with Crippen LogP contribution in [0.3, 0.4) is 0 Å². The second-order valence-electron chi connectivity index (χ2n) is 4.60. The van der Waals surface area contributed by atoms with Gasteiger partial charge in [0, 0.05) is 31.0 Å². The first-order chi connectivity index (χ1) is 8.33. The predicted molar refractivity (Wildman–Crippen MR) is 67.5 cm³/mol. The van der Waals surface area contributed by atoms with E-state index in [2.05, 4.69) is 40.1 Å². The Hall–Kier alpha value is -1.74. The van der Waals surface area contributed by atoms with Crippen molar-refractivity contribution in [3.05, 3.63) is 48.0 Å². The summed E-state index contributed by atoms with van der Waals surface area (Å²) in [5, 5.41) is 0. The molecular formula is C14H15N3. The summed E-state index contributed by atoms with van der Waals surface area (Å²) >= 11 is 0. The molecule has 3 nitrogen and oxygen atoms in total. The van der Waals surface area contributed by atoms with Gasteiger partial charge in [0.25, 0.3) is 0 Å². The molecule has 86 valence electrons. The molecule has 0 saturated carbocycles. The molecule has 0 spiro atoms. The molecule has 3 heteroatoms. The minimum absolute atomic E-state index is 1.04. The number of hydrogen-bond donors (Lipinski definition) is 0. The molecule has 17 heavy (non-hydrogen) atoms. The van der Waals surface area contributed by atoms with E-state index in [4.69, 9.17) is 0 Å². The molecule has 1 aromatic heterocycles. The minimum Gasteiger partial charge on any atom is -0.302 e. The first-order valence-electron chi connectivity index (χ1n) is 5.88. The van der Waals surface area contributed by atoms with Gasteiger partial charge in [-0.3, -0.25) is 0 Å². The summed E-state index contributed by atoms with van der Waals surface area (Å²) in [6.45, 7) is 2.19. The van der Waals surface area contributed by atoms with Gasteiger partial charge in [0.15, 0.2) is 0 Å². The van der Waals surface area contributed by atoms with Gasteiger partial charge in [0.1, 0.15) is 6.33 Å². The molecular weight excluding hydrogens is 210 g/mol. The summed E-state index contributed by atoms with van der Waals surface area (Å²) in [6.07, 6.45) is 6.44. The Balaban J connectivity index is 2.01. The van der Waals surface area contributed by atoms with Gasteiger partial charge in [-0.2, -0.15) is 0 Å². The topological polar surface area (TPSA) is 29.0 Å². The van der Waals surface area contributed by atoms with E-state index < -0.39 is 0 Å². The van der Waals surface area contributed by atoms with Crippen LogP contribution >= 0.6 is 0 Å². The standard InChI is InChI=1S/C14H15N3/c1-17-5-4-11-2-3-12(6-13(11)9-17)14-7-15-10-16-8-14/h2-3,6-8,10H,4-5,9H2,1H3. The van der Waals surface area contributed by atoms with E-state index in [1.807, 2.05) is 12.4 Å². The van der Waals surface area contributed by atoms with Crippen LogP contribution < -0.4 is 0 Å². The third-order valence-electron chi connectivity index (χ3n) is 3.30. The number of aromatic nitrogens is 2. The Bertz CT molecular complexity index is 522. The van der Waals surface area contributed by atoms with Gasteiger partial charge in [-0.25, -0.2) is 9.97 Å². The van der Waals surface area contributed by atoms with Crippen molar-refractivity contribution in [2.75, 3.05) is 13.6 Å². The van der Waals surface area contributed by atoms with Gasteiger partial charge in [0.05, 0.1) is 0 Å². The van der Waals surface area contributed by atoms with Crippen molar-refractivity contribution < 1.29 is 0 Å². The van der Waals surface area contributed by atoms with E-state index >= 15 is 0 Å². The van der Waals surface area contributed by atoms with Gasteiger partial charge in [-0.1, -0.05) is 12.1 Å². The molecule has 0 atom stereocenters. The van der Waals surface area contributed by atoms with E-state index in [-0.39, 0.29) is 0 Å². The van der Waals surface area contributed by atoms with Crippen molar-refractivity contribution in [1.29, 1.82) is 0 Å². The number of nitrogens with zero attached hydrogens (tertiary/aromatic N) is 3. The van der Waals surface area contributed by atoms with Crippen LogP contribution in [0.25, 0.3) is 11.1 Å². The van der Waals surface area contributed by atoms with Gasteiger partial charge in [-0.05, 0) is 36.2 Å². The molecule has 3 rings (SSSR count). The second-order valence-corrected chi connectivity index (χ2v) is 4.60. The van der Waals surface area contributed by atoms with Crippen molar-refractivity contribution in [3.63, 3.8) is 0 Å². The lowest BCUT2D eigenvalue weighted by molar-refractivity contribution is 0.313. The lowest BCUT2D eigenvalue weighted by Crippen LogP contribution is -2.26. The van der Waals surface area contributed by atoms with Crippen molar-refractivity contribution in [2.45, 2.75) is 13.0 Å². The maximum absolute atomic E-state index is 4.07. The van der Waals surface area contributed by atoms with Crippen molar-refractivity contribution >= 4 is 0 Å². The Morgan fingerprint density at radius 1 is 1.06 bits per heavy atom. The van der Waals surface area contributed by atoms with Crippen molar-refractivity contribution in [1.82, 2.24) is 14.9 Å². The largest absolute Gasteiger partial charge is 0.302 e. The summed E-state index contributed by atoms with van der Waals surface area (Å²) in [5.41, 5.74) is 5.20. The number of rotatable bonds is 1. The monoisotopic (exact) mass is 225 g/mol. The quantitative estimate of drug-likeness (QED) is 0.744. The molecule has 0 N–H and O–H groups in total. The summed E-state index contributed by atoms with van der Waals surface area (Å²) in [4.78, 5) is 10.5. The smallest absolute Gasteiger partial charge is 0.115 e. The SMILES string of the molecule is CN1CCc2ccc(-c3cncnc3)cc2C1. The zero-order valence-corrected chi connectivity index (χ0v) is 9.93. The van der Waals surface area contributed by atoms with E-state index in [9.17, 15) is 0 Å². The lowest BCUT2D eigenvalue weighted by atomic mass is 9.96. The van der Waals surface area contributed by atoms with Crippen LogP contribution in [0.2, 0.25) is 0 Å². The van der Waals surface area contributed by atoms with Crippen LogP contribution in [0.15, 0.2) is 36.9 Å². The van der Waals surface area contributed by atoms with Gasteiger partial charge in [-0.15, -0.1) is 0 Å². The zero-order valence-electron chi connectivity index (χ0n) is 9.93.